The molecule has 48 heavy (non-hydrogen) atoms. The fourth-order valence-corrected chi connectivity index (χ4v) is 5.92. The number of non-ortho nitro benzene ring substituents is 1. The minimum Gasteiger partial charge on any atom is -0.497 e. The van der Waals surface area contributed by atoms with Gasteiger partial charge in [-0.3, -0.25) is 14.9 Å². The third-order valence-electron chi connectivity index (χ3n) is 8.83. The standard InChI is InChI=1S/C35H44N4O9/c1-5-7-8-9-10-19-37(22-25-11-17-28(46-4)18-12-25)34(43)38-23-29(48-32(41)26-13-15-27(16-14-26)39(44)45)20-30(38)31(40)36-35(21-24(35)3)33(42)47-6-2/h5,11-18,24,29-30H,1,6-10,19-23H2,2-4H3,(H,36,40)/t24-,29+,30+,35-/m1/s1. The van der Waals surface area contributed by atoms with Crippen molar-refractivity contribution >= 4 is 29.6 Å². The van der Waals surface area contributed by atoms with Crippen LogP contribution in [0, 0.1) is 16.0 Å². The van der Waals surface area contributed by atoms with Gasteiger partial charge in [-0.2, -0.15) is 0 Å². The van der Waals surface area contributed by atoms with Gasteiger partial charge in [-0.25, -0.2) is 14.4 Å². The molecule has 4 rings (SSSR count). The van der Waals surface area contributed by atoms with Gasteiger partial charge >= 0.3 is 18.0 Å². The number of allylic oxidation sites excluding steroid dienone is 1. The van der Waals surface area contributed by atoms with E-state index in [2.05, 4.69) is 11.9 Å². The van der Waals surface area contributed by atoms with Gasteiger partial charge in [-0.05, 0) is 68.4 Å². The van der Waals surface area contributed by atoms with Crippen LogP contribution in [0.2, 0.25) is 0 Å². The predicted molar refractivity (Wildman–Crippen MR) is 176 cm³/mol. The molecular weight excluding hydrogens is 620 g/mol. The van der Waals surface area contributed by atoms with Crippen molar-refractivity contribution in [3.05, 3.63) is 82.4 Å². The van der Waals surface area contributed by atoms with Gasteiger partial charge in [-0.15, -0.1) is 6.58 Å². The molecule has 13 heteroatoms. The molecule has 0 bridgehead atoms. The van der Waals surface area contributed by atoms with Gasteiger partial charge in [0.2, 0.25) is 5.91 Å². The third-order valence-corrected chi connectivity index (χ3v) is 8.83. The number of likely N-dealkylation sites (tertiary alicyclic amines) is 1. The molecule has 1 heterocycles. The van der Waals surface area contributed by atoms with Crippen LogP contribution in [-0.4, -0.2) is 83.1 Å². The lowest BCUT2D eigenvalue weighted by atomic mass is 10.1. The Labute approximate surface area is 280 Å². The number of nitrogens with one attached hydrogen (secondary N) is 1. The van der Waals surface area contributed by atoms with Gasteiger partial charge in [0.05, 0.1) is 30.7 Å². The Hall–Kier alpha value is -4.94. The van der Waals surface area contributed by atoms with Crippen molar-refractivity contribution in [2.75, 3.05) is 26.8 Å². The number of hydrogen-bond acceptors (Lipinski definition) is 9. The number of esters is 2. The number of urea groups is 1. The van der Waals surface area contributed by atoms with E-state index in [0.29, 0.717) is 18.7 Å². The number of amides is 3. The normalized spacial score (nSPS) is 21.1. The molecule has 2 fully saturated rings. The Bertz CT molecular complexity index is 1480. The fraction of sp³-hybridized carbons (Fsp3) is 0.486. The molecule has 0 aromatic heterocycles. The van der Waals surface area contributed by atoms with Crippen LogP contribution in [0.15, 0.2) is 61.2 Å². The van der Waals surface area contributed by atoms with Gasteiger partial charge in [0.15, 0.2) is 0 Å². The second-order valence-electron chi connectivity index (χ2n) is 12.2. The van der Waals surface area contributed by atoms with Gasteiger partial charge < -0.3 is 29.3 Å². The van der Waals surface area contributed by atoms with Crippen molar-refractivity contribution in [2.45, 2.75) is 76.6 Å². The molecule has 0 radical (unpaired) electrons. The van der Waals surface area contributed by atoms with Crippen molar-refractivity contribution in [3.63, 3.8) is 0 Å². The lowest BCUT2D eigenvalue weighted by Crippen LogP contribution is -2.55. The molecule has 2 aromatic carbocycles. The summed E-state index contributed by atoms with van der Waals surface area (Å²) in [6.45, 7) is 8.09. The average Bonchev–Trinajstić information content (AvgIpc) is 3.54. The molecule has 0 spiro atoms. The Morgan fingerprint density at radius 1 is 1.10 bits per heavy atom. The zero-order valence-electron chi connectivity index (χ0n) is 27.7. The number of hydrogen-bond donors (Lipinski definition) is 1. The van der Waals surface area contributed by atoms with Crippen LogP contribution >= 0.6 is 0 Å². The van der Waals surface area contributed by atoms with Crippen molar-refractivity contribution in [1.29, 1.82) is 0 Å². The van der Waals surface area contributed by atoms with Crippen LogP contribution < -0.4 is 10.1 Å². The summed E-state index contributed by atoms with van der Waals surface area (Å²) in [5.74, 6) is -1.27. The molecular formula is C35H44N4O9. The van der Waals surface area contributed by atoms with Crippen molar-refractivity contribution in [3.8, 4) is 5.75 Å². The van der Waals surface area contributed by atoms with Crippen LogP contribution in [0.1, 0.15) is 68.3 Å². The molecule has 1 aliphatic carbocycles. The average molecular weight is 665 g/mol. The summed E-state index contributed by atoms with van der Waals surface area (Å²) < 4.78 is 16.3. The van der Waals surface area contributed by atoms with Crippen molar-refractivity contribution < 1.29 is 38.3 Å². The summed E-state index contributed by atoms with van der Waals surface area (Å²) in [6, 6.07) is 10.9. The van der Waals surface area contributed by atoms with Crippen LogP contribution in [0.4, 0.5) is 10.5 Å². The SMILES string of the molecule is C=CCCCCCN(Cc1ccc(OC)cc1)C(=O)N1C[C@@H](OC(=O)c2ccc([N+](=O)[O-])cc2)C[C@H]1C(=O)N[C@]1(C(=O)OCC)C[C@H]1C. The van der Waals surface area contributed by atoms with E-state index in [1.165, 1.54) is 29.2 Å². The molecule has 1 aliphatic heterocycles. The first-order valence-electron chi connectivity index (χ1n) is 16.3. The Morgan fingerprint density at radius 3 is 2.38 bits per heavy atom. The summed E-state index contributed by atoms with van der Waals surface area (Å²) in [5.41, 5.74) is -0.388. The van der Waals surface area contributed by atoms with E-state index in [9.17, 15) is 29.3 Å². The maximum atomic E-state index is 14.3. The highest BCUT2D eigenvalue weighted by atomic mass is 16.6. The van der Waals surface area contributed by atoms with E-state index in [0.717, 1.165) is 31.2 Å². The molecule has 2 aromatic rings. The first-order valence-corrected chi connectivity index (χ1v) is 16.3. The van der Waals surface area contributed by atoms with Gasteiger partial charge in [0.1, 0.15) is 23.4 Å². The summed E-state index contributed by atoms with van der Waals surface area (Å²) in [4.78, 5) is 67.7. The number of nitro groups is 1. The molecule has 1 N–H and O–H groups in total. The quantitative estimate of drug-likeness (QED) is 0.0854. The highest BCUT2D eigenvalue weighted by molar-refractivity contribution is 5.95. The Morgan fingerprint density at radius 2 is 1.79 bits per heavy atom. The van der Waals surface area contributed by atoms with Gasteiger partial charge in [0, 0.05) is 31.6 Å². The zero-order valence-corrected chi connectivity index (χ0v) is 27.7. The molecule has 258 valence electrons. The number of unbranched alkanes of at least 4 members (excludes halogenated alkanes) is 3. The first-order chi connectivity index (χ1) is 23.0. The lowest BCUT2D eigenvalue weighted by molar-refractivity contribution is -0.384. The largest absolute Gasteiger partial charge is 0.497 e. The topological polar surface area (TPSA) is 158 Å². The summed E-state index contributed by atoms with van der Waals surface area (Å²) in [7, 11) is 1.58. The number of ether oxygens (including phenoxy) is 3. The fourth-order valence-electron chi connectivity index (χ4n) is 5.92. The molecule has 1 saturated carbocycles. The maximum Gasteiger partial charge on any atom is 0.338 e. The van der Waals surface area contributed by atoms with Crippen molar-refractivity contribution in [1.82, 2.24) is 15.1 Å². The molecule has 0 unspecified atom stereocenters. The Kier molecular flexibility index (Phi) is 12.2. The van der Waals surface area contributed by atoms with Crippen molar-refractivity contribution in [2.24, 2.45) is 5.92 Å². The monoisotopic (exact) mass is 664 g/mol. The lowest BCUT2D eigenvalue weighted by Gasteiger charge is -2.32. The first kappa shape index (κ1) is 35.9. The number of methoxy groups -OCH3 is 1. The van der Waals surface area contributed by atoms with Crippen LogP contribution in [0.25, 0.3) is 0 Å². The Balaban J connectivity index is 1.57. The predicted octanol–water partition coefficient (Wildman–Crippen LogP) is 5.03. The van der Waals surface area contributed by atoms with E-state index in [1.54, 1.807) is 18.9 Å². The van der Waals surface area contributed by atoms with E-state index >= 15 is 0 Å². The molecule has 3 amide bonds. The summed E-state index contributed by atoms with van der Waals surface area (Å²) in [5, 5.41) is 13.9. The van der Waals surface area contributed by atoms with Crippen LogP contribution in [-0.2, 0) is 25.6 Å². The van der Waals surface area contributed by atoms with E-state index in [1.807, 2.05) is 37.3 Å². The number of carbonyl (C=O) groups excluding carboxylic acids is 4. The van der Waals surface area contributed by atoms with Gasteiger partial charge in [0.25, 0.3) is 5.69 Å². The highest BCUT2D eigenvalue weighted by Gasteiger charge is 2.61. The summed E-state index contributed by atoms with van der Waals surface area (Å²) >= 11 is 0. The maximum absolute atomic E-state index is 14.3. The highest BCUT2D eigenvalue weighted by Crippen LogP contribution is 2.44. The third kappa shape index (κ3) is 8.69. The molecule has 2 aliphatic rings. The number of benzene rings is 2. The van der Waals surface area contributed by atoms with Gasteiger partial charge in [-0.1, -0.05) is 31.6 Å². The number of nitro benzene ring substituents is 1. The van der Waals surface area contributed by atoms with E-state index < -0.39 is 46.5 Å². The smallest absolute Gasteiger partial charge is 0.338 e. The minimum absolute atomic E-state index is 0.000703. The summed E-state index contributed by atoms with van der Waals surface area (Å²) in [6.07, 6.45) is 4.80. The number of rotatable bonds is 16. The minimum atomic E-state index is -1.18. The number of carbonyl (C=O) groups is 4. The molecule has 1 saturated heterocycles. The number of nitrogens with zero attached hydrogens (tertiary/aromatic N) is 3. The van der Waals surface area contributed by atoms with Crippen LogP contribution in [0.3, 0.4) is 0 Å². The molecule has 4 atom stereocenters. The second-order valence-corrected chi connectivity index (χ2v) is 12.2. The van der Waals surface area contributed by atoms with E-state index in [4.69, 9.17) is 14.2 Å². The second kappa shape index (κ2) is 16.2. The molecule has 13 nitrogen and oxygen atoms in total. The van der Waals surface area contributed by atoms with Crippen LogP contribution in [0.5, 0.6) is 5.75 Å². The van der Waals surface area contributed by atoms with E-state index in [-0.39, 0.29) is 43.3 Å². The zero-order chi connectivity index (χ0) is 34.8.